The van der Waals surface area contributed by atoms with Gasteiger partial charge in [-0.05, 0) is 31.9 Å². The van der Waals surface area contributed by atoms with Crippen molar-refractivity contribution < 1.29 is 9.53 Å². The molecule has 0 spiro atoms. The van der Waals surface area contributed by atoms with E-state index in [-0.39, 0.29) is 12.0 Å². The number of nitrogens with one attached hydrogen (secondary N) is 1. The predicted molar refractivity (Wildman–Crippen MR) is 74.7 cm³/mol. The first-order chi connectivity index (χ1) is 8.45. The number of hydrogen-bond donors (Lipinski definition) is 1. The molecule has 1 amide bonds. The maximum atomic E-state index is 12.1. The van der Waals surface area contributed by atoms with Crippen molar-refractivity contribution in [2.75, 3.05) is 10.6 Å². The Morgan fingerprint density at radius 3 is 2.94 bits per heavy atom. The Morgan fingerprint density at radius 2 is 2.28 bits per heavy atom. The van der Waals surface area contributed by atoms with Crippen molar-refractivity contribution >= 4 is 27.5 Å². The molecule has 3 nitrogen and oxygen atoms in total. The van der Waals surface area contributed by atoms with E-state index >= 15 is 0 Å². The number of halogens is 1. The van der Waals surface area contributed by atoms with Crippen LogP contribution in [0.25, 0.3) is 0 Å². The van der Waals surface area contributed by atoms with Crippen molar-refractivity contribution in [3.63, 3.8) is 0 Å². The molecule has 0 radical (unpaired) electrons. The Balaban J connectivity index is 2.22. The third-order valence-electron chi connectivity index (χ3n) is 3.89. The molecule has 18 heavy (non-hydrogen) atoms. The van der Waals surface area contributed by atoms with Crippen LogP contribution in [0.3, 0.4) is 0 Å². The predicted octanol–water partition coefficient (Wildman–Crippen LogP) is 2.92. The van der Waals surface area contributed by atoms with Gasteiger partial charge in [0.15, 0.2) is 0 Å². The maximum absolute atomic E-state index is 12.1. The van der Waals surface area contributed by atoms with Gasteiger partial charge in [0.25, 0.3) is 0 Å². The highest BCUT2D eigenvalue weighted by molar-refractivity contribution is 9.09. The number of amides is 1. The van der Waals surface area contributed by atoms with E-state index in [2.05, 4.69) is 27.3 Å². The Morgan fingerprint density at radius 1 is 1.56 bits per heavy atom. The summed E-state index contributed by atoms with van der Waals surface area (Å²) in [6.45, 7) is 5.96. The molecule has 2 aliphatic heterocycles. The van der Waals surface area contributed by atoms with E-state index in [1.54, 1.807) is 0 Å². The second-order valence-electron chi connectivity index (χ2n) is 5.61. The third kappa shape index (κ3) is 1.44. The number of aryl methyl sites for hydroxylation is 1. The lowest BCUT2D eigenvalue weighted by molar-refractivity contribution is -0.119. The fourth-order valence-corrected chi connectivity index (χ4v) is 3.20. The fraction of sp³-hybridized carbons (Fsp3) is 0.500. The number of hydrogen-bond acceptors (Lipinski definition) is 2. The lowest BCUT2D eigenvalue weighted by atomic mass is 9.83. The van der Waals surface area contributed by atoms with Crippen LogP contribution in [0.1, 0.15) is 30.5 Å². The van der Waals surface area contributed by atoms with E-state index < -0.39 is 5.41 Å². The van der Waals surface area contributed by atoms with Crippen molar-refractivity contribution in [1.82, 2.24) is 0 Å². The molecule has 0 fully saturated rings. The normalized spacial score (nSPS) is 23.3. The van der Waals surface area contributed by atoms with Crippen molar-refractivity contribution in [2.45, 2.75) is 38.7 Å². The van der Waals surface area contributed by atoms with Crippen LogP contribution in [-0.4, -0.2) is 17.3 Å². The second-order valence-corrected chi connectivity index (χ2v) is 6.26. The molecule has 2 aliphatic rings. The van der Waals surface area contributed by atoms with Gasteiger partial charge in [0, 0.05) is 17.3 Å². The quantitative estimate of drug-likeness (QED) is 0.810. The summed E-state index contributed by atoms with van der Waals surface area (Å²) in [5, 5.41) is 3.80. The van der Waals surface area contributed by atoms with Crippen molar-refractivity contribution in [3.8, 4) is 5.75 Å². The molecule has 0 aliphatic carbocycles. The van der Waals surface area contributed by atoms with Crippen LogP contribution >= 0.6 is 15.9 Å². The van der Waals surface area contributed by atoms with Crippen LogP contribution in [-0.2, 0) is 16.6 Å². The topological polar surface area (TPSA) is 38.3 Å². The zero-order valence-corrected chi connectivity index (χ0v) is 12.3. The SMILES string of the molecule is Cc1cc2c(c3c1NC(=O)C3(C)C)OC(CBr)C2. The first-order valence-electron chi connectivity index (χ1n) is 6.16. The van der Waals surface area contributed by atoms with E-state index in [1.165, 1.54) is 5.56 Å². The van der Waals surface area contributed by atoms with Crippen LogP contribution in [0.15, 0.2) is 6.07 Å². The van der Waals surface area contributed by atoms with E-state index in [1.807, 2.05) is 20.8 Å². The molecular formula is C14H16BrNO2. The standard InChI is InChI=1S/C14H16BrNO2/c1-7-4-8-5-9(6-15)18-12(8)10-11(7)16-13(17)14(10,2)3/h4,9H,5-6H2,1-3H3,(H,16,17). The highest BCUT2D eigenvalue weighted by Crippen LogP contribution is 2.49. The molecule has 0 bridgehead atoms. The molecule has 1 atom stereocenters. The van der Waals surface area contributed by atoms with E-state index in [9.17, 15) is 4.79 Å². The number of carbonyl (C=O) groups is 1. The minimum Gasteiger partial charge on any atom is -0.489 e. The molecule has 4 heteroatoms. The Kier molecular flexibility index (Phi) is 2.49. The van der Waals surface area contributed by atoms with Gasteiger partial charge in [0.1, 0.15) is 11.9 Å². The van der Waals surface area contributed by atoms with Crippen LogP contribution in [0.2, 0.25) is 0 Å². The van der Waals surface area contributed by atoms with Crippen LogP contribution in [0, 0.1) is 6.92 Å². The minimum atomic E-state index is -0.507. The second kappa shape index (κ2) is 3.73. The van der Waals surface area contributed by atoms with Gasteiger partial charge in [-0.15, -0.1) is 0 Å². The van der Waals surface area contributed by atoms with Crippen LogP contribution in [0.5, 0.6) is 5.75 Å². The summed E-state index contributed by atoms with van der Waals surface area (Å²) in [5.41, 5.74) is 3.82. The largest absolute Gasteiger partial charge is 0.489 e. The number of alkyl halides is 1. The van der Waals surface area contributed by atoms with Gasteiger partial charge in [0.2, 0.25) is 5.91 Å². The number of anilines is 1. The van der Waals surface area contributed by atoms with Crippen molar-refractivity contribution in [3.05, 3.63) is 22.8 Å². The van der Waals surface area contributed by atoms with E-state index in [0.717, 1.165) is 34.3 Å². The number of carbonyl (C=O) groups excluding carboxylic acids is 1. The van der Waals surface area contributed by atoms with Crippen LogP contribution < -0.4 is 10.1 Å². The fourth-order valence-electron chi connectivity index (χ4n) is 2.84. The Hall–Kier alpha value is -1.03. The average molecular weight is 310 g/mol. The summed E-state index contributed by atoms with van der Waals surface area (Å²) in [5.74, 6) is 0.975. The summed E-state index contributed by atoms with van der Waals surface area (Å²) >= 11 is 3.47. The molecule has 0 aromatic heterocycles. The molecule has 1 aromatic rings. The molecular weight excluding hydrogens is 294 g/mol. The van der Waals surface area contributed by atoms with Gasteiger partial charge in [-0.2, -0.15) is 0 Å². The summed E-state index contributed by atoms with van der Waals surface area (Å²) < 4.78 is 6.00. The maximum Gasteiger partial charge on any atom is 0.234 e. The molecule has 3 rings (SSSR count). The third-order valence-corrected chi connectivity index (χ3v) is 4.61. The molecule has 1 aromatic carbocycles. The van der Waals surface area contributed by atoms with Gasteiger partial charge >= 0.3 is 0 Å². The molecule has 1 N–H and O–H groups in total. The minimum absolute atomic E-state index is 0.0555. The van der Waals surface area contributed by atoms with Gasteiger partial charge < -0.3 is 10.1 Å². The van der Waals surface area contributed by atoms with Crippen LogP contribution in [0.4, 0.5) is 5.69 Å². The number of ether oxygens (including phenoxy) is 1. The number of fused-ring (bicyclic) bond motifs is 3. The van der Waals surface area contributed by atoms with E-state index in [0.29, 0.717) is 0 Å². The van der Waals surface area contributed by atoms with Gasteiger partial charge in [-0.25, -0.2) is 0 Å². The summed E-state index contributed by atoms with van der Waals surface area (Å²) in [6, 6.07) is 2.14. The smallest absolute Gasteiger partial charge is 0.234 e. The van der Waals surface area contributed by atoms with Gasteiger partial charge in [-0.3, -0.25) is 4.79 Å². The van der Waals surface area contributed by atoms with Gasteiger partial charge in [0.05, 0.1) is 11.1 Å². The first-order valence-corrected chi connectivity index (χ1v) is 7.28. The van der Waals surface area contributed by atoms with E-state index in [4.69, 9.17) is 4.74 Å². The van der Waals surface area contributed by atoms with Gasteiger partial charge in [-0.1, -0.05) is 22.0 Å². The number of rotatable bonds is 1. The highest BCUT2D eigenvalue weighted by Gasteiger charge is 2.44. The zero-order chi connectivity index (χ0) is 13.1. The molecule has 2 heterocycles. The summed E-state index contributed by atoms with van der Waals surface area (Å²) in [4.78, 5) is 12.1. The Labute approximate surface area is 115 Å². The molecule has 1 unspecified atom stereocenters. The average Bonchev–Trinajstić information content (AvgIpc) is 2.80. The first kappa shape index (κ1) is 12.0. The highest BCUT2D eigenvalue weighted by atomic mass is 79.9. The summed E-state index contributed by atoms with van der Waals surface area (Å²) in [6.07, 6.45) is 1.09. The monoisotopic (exact) mass is 309 g/mol. The lowest BCUT2D eigenvalue weighted by Crippen LogP contribution is -2.27. The molecule has 0 saturated carbocycles. The summed E-state index contributed by atoms with van der Waals surface area (Å²) in [7, 11) is 0. The Bertz CT molecular complexity index is 551. The van der Waals surface area contributed by atoms with Crippen molar-refractivity contribution in [1.29, 1.82) is 0 Å². The van der Waals surface area contributed by atoms with Crippen molar-refractivity contribution in [2.24, 2.45) is 0 Å². The molecule has 0 saturated heterocycles. The number of benzene rings is 1. The zero-order valence-electron chi connectivity index (χ0n) is 10.8. The lowest BCUT2D eigenvalue weighted by Gasteiger charge is -2.19. The molecule has 96 valence electrons.